The third-order valence-corrected chi connectivity index (χ3v) is 3.62. The molecular formula is C17H25FN2O4. The minimum Gasteiger partial charge on any atom is -0.470 e. The predicted molar refractivity (Wildman–Crippen MR) is 86.3 cm³/mol. The summed E-state index contributed by atoms with van der Waals surface area (Å²) in [6, 6.07) is 0. The molecular weight excluding hydrogens is 315 g/mol. The van der Waals surface area contributed by atoms with Gasteiger partial charge in [-0.1, -0.05) is 0 Å². The van der Waals surface area contributed by atoms with Crippen molar-refractivity contribution in [2.45, 2.75) is 58.8 Å². The summed E-state index contributed by atoms with van der Waals surface area (Å²) in [7, 11) is 0. The Hall–Kier alpha value is -1.89. The number of amides is 1. The van der Waals surface area contributed by atoms with Crippen LogP contribution in [0.3, 0.4) is 0 Å². The molecule has 0 spiro atoms. The fourth-order valence-electron chi connectivity index (χ4n) is 2.45. The molecule has 7 heteroatoms. The molecule has 1 aromatic heterocycles. The number of ether oxygens (including phenoxy) is 2. The summed E-state index contributed by atoms with van der Waals surface area (Å²) in [5.74, 6) is -0.732. The highest BCUT2D eigenvalue weighted by atomic mass is 19.1. The third-order valence-electron chi connectivity index (χ3n) is 3.62. The monoisotopic (exact) mass is 340 g/mol. The minimum absolute atomic E-state index is 0.114. The van der Waals surface area contributed by atoms with Crippen LogP contribution < -0.4 is 4.74 Å². The zero-order valence-electron chi connectivity index (χ0n) is 14.6. The molecule has 0 unspecified atom stereocenters. The van der Waals surface area contributed by atoms with E-state index in [0.717, 1.165) is 5.56 Å². The fourth-order valence-corrected chi connectivity index (χ4v) is 2.45. The van der Waals surface area contributed by atoms with Crippen LogP contribution in [0.2, 0.25) is 0 Å². The number of carbonyl (C=O) groups excluding carboxylic acids is 1. The van der Waals surface area contributed by atoms with Crippen molar-refractivity contribution in [3.63, 3.8) is 0 Å². The minimum atomic E-state index is -0.603. The Morgan fingerprint density at radius 2 is 2.21 bits per heavy atom. The number of aryl methyl sites for hydroxylation is 1. The number of halogens is 1. The second kappa shape index (κ2) is 7.34. The smallest absolute Gasteiger partial charge is 0.410 e. The van der Waals surface area contributed by atoms with E-state index in [1.54, 1.807) is 33.9 Å². The van der Waals surface area contributed by atoms with Crippen LogP contribution >= 0.6 is 0 Å². The summed E-state index contributed by atoms with van der Waals surface area (Å²) < 4.78 is 25.4. The number of rotatable bonds is 3. The van der Waals surface area contributed by atoms with E-state index in [1.807, 2.05) is 0 Å². The van der Waals surface area contributed by atoms with E-state index in [9.17, 15) is 9.18 Å². The molecule has 0 aliphatic carbocycles. The van der Waals surface area contributed by atoms with Crippen LogP contribution in [0.5, 0.6) is 5.88 Å². The van der Waals surface area contributed by atoms with Gasteiger partial charge in [0.05, 0.1) is 13.2 Å². The highest BCUT2D eigenvalue weighted by molar-refractivity contribution is 5.68. The molecule has 2 heterocycles. The van der Waals surface area contributed by atoms with E-state index in [4.69, 9.17) is 14.6 Å². The van der Waals surface area contributed by atoms with Gasteiger partial charge >= 0.3 is 6.09 Å². The number of aliphatic hydroxyl groups excluding tert-OH is 1. The molecule has 0 aromatic carbocycles. The molecule has 0 saturated carbocycles. The van der Waals surface area contributed by atoms with Gasteiger partial charge in [0.1, 0.15) is 11.7 Å². The largest absolute Gasteiger partial charge is 0.470 e. The maximum absolute atomic E-state index is 14.8. The number of hydrogen-bond donors (Lipinski definition) is 1. The van der Waals surface area contributed by atoms with Crippen molar-refractivity contribution in [2.75, 3.05) is 13.2 Å². The summed E-state index contributed by atoms with van der Waals surface area (Å²) >= 11 is 0. The molecule has 6 nitrogen and oxygen atoms in total. The van der Waals surface area contributed by atoms with Crippen LogP contribution in [0.15, 0.2) is 6.20 Å². The molecule has 2 rings (SSSR count). The lowest BCUT2D eigenvalue weighted by molar-refractivity contribution is 0.0234. The molecule has 0 bridgehead atoms. The van der Waals surface area contributed by atoms with E-state index in [-0.39, 0.29) is 19.0 Å². The predicted octanol–water partition coefficient (Wildman–Crippen LogP) is 2.66. The molecule has 1 aromatic rings. The van der Waals surface area contributed by atoms with Crippen molar-refractivity contribution in [1.29, 1.82) is 0 Å². The summed E-state index contributed by atoms with van der Waals surface area (Å²) in [5.41, 5.74) is 0.560. The molecule has 1 amide bonds. The Morgan fingerprint density at radius 1 is 1.50 bits per heavy atom. The van der Waals surface area contributed by atoms with E-state index < -0.39 is 23.6 Å². The number of pyridine rings is 1. The van der Waals surface area contributed by atoms with Gasteiger partial charge < -0.3 is 19.5 Å². The van der Waals surface area contributed by atoms with E-state index in [2.05, 4.69) is 4.98 Å². The Labute approximate surface area is 141 Å². The van der Waals surface area contributed by atoms with Gasteiger partial charge in [-0.2, -0.15) is 0 Å². The Balaban J connectivity index is 2.24. The molecule has 0 fully saturated rings. The lowest BCUT2D eigenvalue weighted by atomic mass is 10.1. The quantitative estimate of drug-likeness (QED) is 0.916. The zero-order chi connectivity index (χ0) is 17.9. The van der Waals surface area contributed by atoms with Crippen molar-refractivity contribution in [1.82, 2.24) is 9.88 Å². The van der Waals surface area contributed by atoms with Crippen LogP contribution in [0.1, 0.15) is 45.2 Å². The summed E-state index contributed by atoms with van der Waals surface area (Å²) in [4.78, 5) is 17.8. The average Bonchev–Trinajstić information content (AvgIpc) is 2.71. The number of hydrogen-bond acceptors (Lipinski definition) is 5. The summed E-state index contributed by atoms with van der Waals surface area (Å²) in [6.07, 6.45) is 1.90. The first kappa shape index (κ1) is 18.4. The molecule has 134 valence electrons. The van der Waals surface area contributed by atoms with E-state index >= 15 is 0 Å². The van der Waals surface area contributed by atoms with Gasteiger partial charge in [-0.15, -0.1) is 0 Å². The van der Waals surface area contributed by atoms with Gasteiger partial charge in [0, 0.05) is 18.3 Å². The van der Waals surface area contributed by atoms with Gasteiger partial charge in [0.25, 0.3) is 5.88 Å². The van der Waals surface area contributed by atoms with Gasteiger partial charge in [-0.05, 0) is 46.1 Å². The van der Waals surface area contributed by atoms with Crippen molar-refractivity contribution < 1.29 is 23.8 Å². The van der Waals surface area contributed by atoms with Gasteiger partial charge in [0.2, 0.25) is 0 Å². The van der Waals surface area contributed by atoms with Crippen molar-refractivity contribution in [2.24, 2.45) is 0 Å². The SMILES string of the molecule is C[C@@H](CO)Oc1ncc2c(c1F)CN(C(=O)OC(C)(C)C)CCC2. The lowest BCUT2D eigenvalue weighted by Gasteiger charge is -2.26. The number of nitrogens with zero attached hydrogens (tertiary/aromatic N) is 2. The molecule has 1 aliphatic heterocycles. The van der Waals surface area contributed by atoms with E-state index in [0.29, 0.717) is 24.9 Å². The average molecular weight is 340 g/mol. The second-order valence-electron chi connectivity index (χ2n) is 7.00. The molecule has 1 aliphatic rings. The van der Waals surface area contributed by atoms with Crippen molar-refractivity contribution in [3.8, 4) is 5.88 Å². The summed E-state index contributed by atoms with van der Waals surface area (Å²) in [5, 5.41) is 9.05. The summed E-state index contributed by atoms with van der Waals surface area (Å²) in [6.45, 7) is 7.38. The fraction of sp³-hybridized carbons (Fsp3) is 0.647. The Kier molecular flexibility index (Phi) is 5.64. The maximum atomic E-state index is 14.8. The van der Waals surface area contributed by atoms with Crippen LogP contribution in [0, 0.1) is 5.82 Å². The first-order valence-corrected chi connectivity index (χ1v) is 8.13. The number of fused-ring (bicyclic) bond motifs is 1. The standard InChI is InChI=1S/C17H25FN2O4/c1-11(10-21)23-15-14(18)13-9-20(16(22)24-17(2,3)4)7-5-6-12(13)8-19-15/h8,11,21H,5-7,9-10H2,1-4H3/t11-/m0/s1. The number of aliphatic hydroxyl groups is 1. The maximum Gasteiger partial charge on any atom is 0.410 e. The van der Waals surface area contributed by atoms with Crippen molar-refractivity contribution in [3.05, 3.63) is 23.1 Å². The first-order valence-electron chi connectivity index (χ1n) is 8.13. The normalized spacial score (nSPS) is 16.2. The highest BCUT2D eigenvalue weighted by Gasteiger charge is 2.27. The first-order chi connectivity index (χ1) is 11.2. The molecule has 1 atom stereocenters. The number of carbonyl (C=O) groups is 1. The second-order valence-corrected chi connectivity index (χ2v) is 7.00. The van der Waals surface area contributed by atoms with Crippen LogP contribution in [0.4, 0.5) is 9.18 Å². The lowest BCUT2D eigenvalue weighted by Crippen LogP contribution is -2.36. The third kappa shape index (κ3) is 4.56. The van der Waals surface area contributed by atoms with Gasteiger partial charge in [-0.3, -0.25) is 0 Å². The molecule has 0 saturated heterocycles. The highest BCUT2D eigenvalue weighted by Crippen LogP contribution is 2.27. The van der Waals surface area contributed by atoms with Crippen LogP contribution in [-0.4, -0.2) is 45.9 Å². The molecule has 0 radical (unpaired) electrons. The topological polar surface area (TPSA) is 71.9 Å². The van der Waals surface area contributed by atoms with Gasteiger partial charge in [0.15, 0.2) is 5.82 Å². The Bertz CT molecular complexity index is 601. The molecule has 24 heavy (non-hydrogen) atoms. The zero-order valence-corrected chi connectivity index (χ0v) is 14.6. The van der Waals surface area contributed by atoms with Crippen LogP contribution in [0.25, 0.3) is 0 Å². The van der Waals surface area contributed by atoms with E-state index in [1.165, 1.54) is 4.90 Å². The number of aromatic nitrogens is 1. The van der Waals surface area contributed by atoms with Crippen molar-refractivity contribution >= 4 is 6.09 Å². The Morgan fingerprint density at radius 3 is 2.83 bits per heavy atom. The van der Waals surface area contributed by atoms with Gasteiger partial charge in [-0.25, -0.2) is 14.2 Å². The van der Waals surface area contributed by atoms with Crippen LogP contribution in [-0.2, 0) is 17.7 Å². The molecule has 1 N–H and O–H groups in total.